The van der Waals surface area contributed by atoms with Crippen molar-refractivity contribution in [3.63, 3.8) is 0 Å². The van der Waals surface area contributed by atoms with E-state index in [4.69, 9.17) is 32.2 Å². The maximum Gasteiger partial charge on any atom is 0.161 e. The number of ether oxygens (including phenoxy) is 3. The maximum atomic E-state index is 5.76. The summed E-state index contributed by atoms with van der Waals surface area (Å²) >= 11 is 4.97. The molecule has 0 amide bonds. The zero-order valence-corrected chi connectivity index (χ0v) is 14.7. The second-order valence-corrected chi connectivity index (χ2v) is 5.88. The van der Waals surface area contributed by atoms with Crippen molar-refractivity contribution >= 4 is 28.0 Å². The van der Waals surface area contributed by atoms with Gasteiger partial charge in [0, 0.05) is 5.56 Å². The molecular weight excluding hydrogens is 334 g/mol. The number of methoxy groups -OCH3 is 1. The van der Waals surface area contributed by atoms with Crippen LogP contribution in [0.3, 0.4) is 0 Å². The molecule has 0 unspecified atom stereocenters. The quantitative estimate of drug-likeness (QED) is 0.515. The predicted octanol–water partition coefficient (Wildman–Crippen LogP) is 3.94. The van der Waals surface area contributed by atoms with Gasteiger partial charge in [0.15, 0.2) is 11.5 Å². The number of rotatable bonds is 7. The van der Waals surface area contributed by atoms with Crippen molar-refractivity contribution in [2.45, 2.75) is 0 Å². The Hall–Kier alpha value is -2.79. The van der Waals surface area contributed by atoms with Crippen molar-refractivity contribution in [2.24, 2.45) is 5.73 Å². The van der Waals surface area contributed by atoms with Gasteiger partial charge in [-0.15, -0.1) is 0 Å². The SMILES string of the molecule is COc1cc(C(N)=S)ccc1OCCOc1ccc2ccccc2c1. The van der Waals surface area contributed by atoms with E-state index in [0.717, 1.165) is 16.7 Å². The molecule has 25 heavy (non-hydrogen) atoms. The van der Waals surface area contributed by atoms with Gasteiger partial charge in [-0.2, -0.15) is 0 Å². The van der Waals surface area contributed by atoms with Crippen LogP contribution in [0, 0.1) is 0 Å². The van der Waals surface area contributed by atoms with Crippen LogP contribution in [0.15, 0.2) is 60.7 Å². The van der Waals surface area contributed by atoms with E-state index in [1.807, 2.05) is 36.4 Å². The molecule has 0 saturated carbocycles. The van der Waals surface area contributed by atoms with Gasteiger partial charge in [-0.3, -0.25) is 0 Å². The zero-order chi connectivity index (χ0) is 17.6. The van der Waals surface area contributed by atoms with Gasteiger partial charge >= 0.3 is 0 Å². The Morgan fingerprint density at radius 3 is 2.40 bits per heavy atom. The summed E-state index contributed by atoms with van der Waals surface area (Å²) < 4.78 is 16.8. The maximum absolute atomic E-state index is 5.76. The lowest BCUT2D eigenvalue weighted by Gasteiger charge is -2.12. The van der Waals surface area contributed by atoms with Crippen LogP contribution < -0.4 is 19.9 Å². The first kappa shape index (κ1) is 17.0. The second kappa shape index (κ2) is 7.85. The summed E-state index contributed by atoms with van der Waals surface area (Å²) in [5, 5.41) is 2.34. The van der Waals surface area contributed by atoms with E-state index >= 15 is 0 Å². The summed E-state index contributed by atoms with van der Waals surface area (Å²) in [6.07, 6.45) is 0. The summed E-state index contributed by atoms with van der Waals surface area (Å²) in [7, 11) is 1.58. The summed E-state index contributed by atoms with van der Waals surface area (Å²) in [6.45, 7) is 0.828. The van der Waals surface area contributed by atoms with E-state index < -0.39 is 0 Å². The van der Waals surface area contributed by atoms with Gasteiger partial charge in [0.1, 0.15) is 24.0 Å². The second-order valence-electron chi connectivity index (χ2n) is 5.44. The van der Waals surface area contributed by atoms with Crippen LogP contribution in [0.4, 0.5) is 0 Å². The first-order valence-corrected chi connectivity index (χ1v) is 8.30. The predicted molar refractivity (Wildman–Crippen MR) is 104 cm³/mol. The molecular formula is C20H19NO3S. The average Bonchev–Trinajstić information content (AvgIpc) is 2.65. The largest absolute Gasteiger partial charge is 0.493 e. The van der Waals surface area contributed by atoms with Crippen LogP contribution in [0.5, 0.6) is 17.2 Å². The minimum Gasteiger partial charge on any atom is -0.493 e. The summed E-state index contributed by atoms with van der Waals surface area (Å²) in [5.41, 5.74) is 6.37. The van der Waals surface area contributed by atoms with Gasteiger partial charge in [0.25, 0.3) is 0 Å². The van der Waals surface area contributed by atoms with Crippen LogP contribution in [0.2, 0.25) is 0 Å². The first-order valence-electron chi connectivity index (χ1n) is 7.89. The molecule has 2 N–H and O–H groups in total. The van der Waals surface area contributed by atoms with E-state index in [1.165, 1.54) is 5.39 Å². The molecule has 4 nitrogen and oxygen atoms in total. The van der Waals surface area contributed by atoms with E-state index in [1.54, 1.807) is 19.2 Å². The number of nitrogens with two attached hydrogens (primary N) is 1. The number of fused-ring (bicyclic) bond motifs is 1. The fraction of sp³-hybridized carbons (Fsp3) is 0.150. The fourth-order valence-corrected chi connectivity index (χ4v) is 2.64. The minimum absolute atomic E-state index is 0.324. The summed E-state index contributed by atoms with van der Waals surface area (Å²) in [6, 6.07) is 19.6. The molecule has 0 aromatic heterocycles. The molecule has 3 aromatic carbocycles. The van der Waals surface area contributed by atoms with Crippen molar-refractivity contribution in [2.75, 3.05) is 20.3 Å². The Bertz CT molecular complexity index is 895. The summed E-state index contributed by atoms with van der Waals surface area (Å²) in [5.74, 6) is 2.04. The Kier molecular flexibility index (Phi) is 5.36. The standard InChI is InChI=1S/C20H19NO3S/c1-22-19-13-16(20(21)25)7-9-18(19)24-11-10-23-17-8-6-14-4-2-3-5-15(14)12-17/h2-9,12-13H,10-11H2,1H3,(H2,21,25). The Balaban J connectivity index is 1.58. The molecule has 0 aliphatic rings. The molecule has 0 spiro atoms. The molecule has 0 aliphatic carbocycles. The monoisotopic (exact) mass is 353 g/mol. The van der Waals surface area contributed by atoms with Gasteiger partial charge < -0.3 is 19.9 Å². The highest BCUT2D eigenvalue weighted by atomic mass is 32.1. The Morgan fingerprint density at radius 1 is 0.880 bits per heavy atom. The van der Waals surface area contributed by atoms with E-state index in [2.05, 4.69) is 12.1 Å². The minimum atomic E-state index is 0.324. The smallest absolute Gasteiger partial charge is 0.161 e. The lowest BCUT2D eigenvalue weighted by Crippen LogP contribution is -2.11. The third-order valence-electron chi connectivity index (χ3n) is 3.78. The van der Waals surface area contributed by atoms with Crippen molar-refractivity contribution in [1.29, 1.82) is 0 Å². The topological polar surface area (TPSA) is 53.7 Å². The summed E-state index contributed by atoms with van der Waals surface area (Å²) in [4.78, 5) is 0.324. The Morgan fingerprint density at radius 2 is 1.64 bits per heavy atom. The van der Waals surface area contributed by atoms with E-state index in [-0.39, 0.29) is 0 Å². The number of benzene rings is 3. The molecule has 0 bridgehead atoms. The molecule has 3 aromatic rings. The number of hydrogen-bond acceptors (Lipinski definition) is 4. The highest BCUT2D eigenvalue weighted by Crippen LogP contribution is 2.28. The molecule has 0 atom stereocenters. The molecule has 0 aliphatic heterocycles. The number of hydrogen-bond donors (Lipinski definition) is 1. The molecule has 0 heterocycles. The van der Waals surface area contributed by atoms with Crippen molar-refractivity contribution in [3.05, 3.63) is 66.2 Å². The molecule has 0 fully saturated rings. The highest BCUT2D eigenvalue weighted by molar-refractivity contribution is 7.80. The lowest BCUT2D eigenvalue weighted by atomic mass is 10.1. The van der Waals surface area contributed by atoms with Gasteiger partial charge in [0.2, 0.25) is 0 Å². The molecule has 3 rings (SSSR count). The van der Waals surface area contributed by atoms with Crippen molar-refractivity contribution < 1.29 is 14.2 Å². The van der Waals surface area contributed by atoms with Crippen LogP contribution in [-0.4, -0.2) is 25.3 Å². The van der Waals surface area contributed by atoms with E-state index in [9.17, 15) is 0 Å². The van der Waals surface area contributed by atoms with E-state index in [0.29, 0.717) is 29.7 Å². The first-order chi connectivity index (χ1) is 12.2. The normalized spacial score (nSPS) is 10.4. The molecule has 128 valence electrons. The van der Waals surface area contributed by atoms with Crippen LogP contribution >= 0.6 is 12.2 Å². The Labute approximate surface area is 152 Å². The molecule has 0 radical (unpaired) electrons. The van der Waals surface area contributed by atoms with Gasteiger partial charge in [-0.25, -0.2) is 0 Å². The van der Waals surface area contributed by atoms with Gasteiger partial charge in [-0.05, 0) is 41.1 Å². The zero-order valence-electron chi connectivity index (χ0n) is 13.9. The third-order valence-corrected chi connectivity index (χ3v) is 4.01. The van der Waals surface area contributed by atoms with Crippen molar-refractivity contribution in [1.82, 2.24) is 0 Å². The third kappa shape index (κ3) is 4.19. The van der Waals surface area contributed by atoms with Crippen LogP contribution in [-0.2, 0) is 0 Å². The van der Waals surface area contributed by atoms with Crippen LogP contribution in [0.25, 0.3) is 10.8 Å². The molecule has 0 saturated heterocycles. The van der Waals surface area contributed by atoms with Gasteiger partial charge in [-0.1, -0.05) is 42.5 Å². The molecule has 5 heteroatoms. The lowest BCUT2D eigenvalue weighted by molar-refractivity contribution is 0.211. The number of thiocarbonyl (C=S) groups is 1. The van der Waals surface area contributed by atoms with Gasteiger partial charge in [0.05, 0.1) is 7.11 Å². The van der Waals surface area contributed by atoms with Crippen molar-refractivity contribution in [3.8, 4) is 17.2 Å². The average molecular weight is 353 g/mol. The highest BCUT2D eigenvalue weighted by Gasteiger charge is 2.07. The van der Waals surface area contributed by atoms with Crippen LogP contribution in [0.1, 0.15) is 5.56 Å². The fourth-order valence-electron chi connectivity index (χ4n) is 2.51.